The maximum absolute atomic E-state index is 13.0. The zero-order valence-electron chi connectivity index (χ0n) is 16.3. The fourth-order valence-electron chi connectivity index (χ4n) is 4.66. The Morgan fingerprint density at radius 3 is 1.96 bits per heavy atom. The van der Waals surface area contributed by atoms with E-state index in [0.717, 1.165) is 23.0 Å². The monoisotopic (exact) mass is 379 g/mol. The Balaban J connectivity index is 1.77. The van der Waals surface area contributed by atoms with Crippen molar-refractivity contribution in [2.24, 2.45) is 5.92 Å². The molecule has 4 rings (SSSR count). The van der Waals surface area contributed by atoms with Crippen LogP contribution in [0.5, 0.6) is 0 Å². The number of nitrogens with zero attached hydrogens (tertiary/aromatic N) is 1. The molecule has 2 saturated carbocycles. The first-order valence-corrected chi connectivity index (χ1v) is 9.81. The van der Waals surface area contributed by atoms with Gasteiger partial charge in [-0.1, -0.05) is 0 Å². The topological polar surface area (TPSA) is 55.8 Å². The molecule has 1 unspecified atom stereocenters. The van der Waals surface area contributed by atoms with Crippen molar-refractivity contribution >= 4 is 11.8 Å². The quantitative estimate of drug-likeness (QED) is 0.500. The van der Waals surface area contributed by atoms with Gasteiger partial charge >= 0.3 is 5.97 Å². The lowest BCUT2D eigenvalue weighted by atomic mass is 9.80. The lowest BCUT2D eigenvalue weighted by Gasteiger charge is -2.41. The molecule has 0 amide bonds. The Hall–Kier alpha value is -1.20. The maximum Gasteiger partial charge on any atom is 0.319 e. The van der Waals surface area contributed by atoms with Gasteiger partial charge < -0.3 is 9.47 Å². The number of hydrogen-bond acceptors (Lipinski definition) is 5. The molecule has 5 heteroatoms. The van der Waals surface area contributed by atoms with E-state index in [4.69, 9.17) is 9.47 Å². The smallest absolute Gasteiger partial charge is 0.319 e. The highest BCUT2D eigenvalue weighted by atomic mass is 16.5. The van der Waals surface area contributed by atoms with Gasteiger partial charge in [0.25, 0.3) is 0 Å². The van der Waals surface area contributed by atoms with Gasteiger partial charge in [-0.15, -0.1) is 0 Å². The Morgan fingerprint density at radius 1 is 1.04 bits per heavy atom. The van der Waals surface area contributed by atoms with Gasteiger partial charge in [0.1, 0.15) is 11.7 Å². The number of carbonyl (C=O) groups excluding carboxylic acids is 2. The fraction of sp³-hybridized carbons (Fsp3) is 0.391. The molecule has 28 heavy (non-hydrogen) atoms. The van der Waals surface area contributed by atoms with Crippen molar-refractivity contribution in [2.45, 2.75) is 19.4 Å². The summed E-state index contributed by atoms with van der Waals surface area (Å²) < 4.78 is 10.9. The number of rotatable bonds is 7. The maximum atomic E-state index is 13.0. The number of hydrogen-bond donors (Lipinski definition) is 0. The van der Waals surface area contributed by atoms with Crippen molar-refractivity contribution in [1.29, 1.82) is 0 Å². The Kier molecular flexibility index (Phi) is 5.93. The summed E-state index contributed by atoms with van der Waals surface area (Å²) in [4.78, 5) is 28.1. The second-order valence-electron chi connectivity index (χ2n) is 7.26. The van der Waals surface area contributed by atoms with E-state index in [-0.39, 0.29) is 12.4 Å². The molecule has 3 aliphatic carbocycles. The van der Waals surface area contributed by atoms with Gasteiger partial charge in [0.05, 0.1) is 25.4 Å². The molecule has 0 aromatic carbocycles. The average Bonchev–Trinajstić information content (AvgIpc) is 3.12. The number of carbonyl (C=O) groups is 2. The normalized spacial score (nSPS) is 27.2. The molecule has 0 spiro atoms. The molecule has 0 aromatic rings. The van der Waals surface area contributed by atoms with Crippen molar-refractivity contribution in [3.63, 3.8) is 0 Å². The van der Waals surface area contributed by atoms with E-state index in [9.17, 15) is 9.59 Å². The van der Waals surface area contributed by atoms with Crippen molar-refractivity contribution < 1.29 is 19.1 Å². The molecular formula is C23H25NO4. The molecule has 0 N–H and O–H groups in total. The van der Waals surface area contributed by atoms with E-state index >= 15 is 0 Å². The van der Waals surface area contributed by atoms with Gasteiger partial charge in [-0.25, -0.2) is 0 Å². The van der Waals surface area contributed by atoms with E-state index in [1.54, 1.807) is 6.92 Å². The predicted molar refractivity (Wildman–Crippen MR) is 104 cm³/mol. The van der Waals surface area contributed by atoms with E-state index in [0.29, 0.717) is 26.3 Å². The zero-order valence-corrected chi connectivity index (χ0v) is 16.3. The molecule has 0 bridgehead atoms. The van der Waals surface area contributed by atoms with Gasteiger partial charge in [0, 0.05) is 24.9 Å². The molecular weight excluding hydrogens is 354 g/mol. The van der Waals surface area contributed by atoms with Crippen LogP contribution in [0.15, 0.2) is 11.1 Å². The molecule has 3 fully saturated rings. The number of ketones is 1. The van der Waals surface area contributed by atoms with Gasteiger partial charge in [-0.3, -0.25) is 14.5 Å². The first-order valence-electron chi connectivity index (χ1n) is 9.81. The molecule has 1 saturated heterocycles. The van der Waals surface area contributed by atoms with Crippen LogP contribution in [0.1, 0.15) is 13.8 Å². The Labute approximate surface area is 168 Å². The molecule has 1 heterocycles. The lowest BCUT2D eigenvalue weighted by molar-refractivity contribution is -0.155. The molecule has 0 aromatic heterocycles. The third-order valence-electron chi connectivity index (χ3n) is 5.71. The standard InChI is InChI=1S/C23H25NO4/c1-3-28-22(26)19(16(2)25)23(24-12-14-27-15-13-24)20(17-8-4-5-9-17)21(23)18-10-6-7-11-18/h4-11,19H,3,12-15H2,1-2H3. The van der Waals surface area contributed by atoms with Crippen molar-refractivity contribution in [3.8, 4) is 0 Å². The second-order valence-corrected chi connectivity index (χ2v) is 7.26. The predicted octanol–water partition coefficient (Wildman–Crippen LogP) is 1.95. The molecule has 1 aliphatic heterocycles. The van der Waals surface area contributed by atoms with Crippen molar-refractivity contribution in [1.82, 2.24) is 4.90 Å². The molecule has 10 radical (unpaired) electrons. The average molecular weight is 379 g/mol. The highest BCUT2D eigenvalue weighted by Crippen LogP contribution is 2.65. The van der Waals surface area contributed by atoms with Crippen LogP contribution >= 0.6 is 0 Å². The second kappa shape index (κ2) is 8.27. The Bertz CT molecular complexity index is 611. The number of esters is 1. The fourth-order valence-corrected chi connectivity index (χ4v) is 4.66. The third kappa shape index (κ3) is 3.24. The highest BCUT2D eigenvalue weighted by molar-refractivity contribution is 6.04. The van der Waals surface area contributed by atoms with Gasteiger partial charge in [-0.2, -0.15) is 0 Å². The van der Waals surface area contributed by atoms with Crippen LogP contribution in [0.25, 0.3) is 0 Å². The molecule has 4 aliphatic rings. The summed E-state index contributed by atoms with van der Waals surface area (Å²) in [5.41, 5.74) is 1.34. The van der Waals surface area contributed by atoms with E-state index < -0.39 is 17.4 Å². The zero-order chi connectivity index (χ0) is 19.7. The number of morpholine rings is 1. The van der Waals surface area contributed by atoms with Gasteiger partial charge in [0.2, 0.25) is 0 Å². The Morgan fingerprint density at radius 2 is 1.54 bits per heavy atom. The van der Waals surface area contributed by atoms with Crippen LogP contribution in [0.4, 0.5) is 0 Å². The minimum absolute atomic E-state index is 0.171. The van der Waals surface area contributed by atoms with E-state index in [2.05, 4.69) is 4.90 Å². The summed E-state index contributed by atoms with van der Waals surface area (Å²) >= 11 is 0. The van der Waals surface area contributed by atoms with Crippen LogP contribution in [-0.2, 0) is 19.1 Å². The summed E-state index contributed by atoms with van der Waals surface area (Å²) in [6, 6.07) is 0. The van der Waals surface area contributed by atoms with Crippen molar-refractivity contribution in [3.05, 3.63) is 74.3 Å². The summed E-state index contributed by atoms with van der Waals surface area (Å²) in [5, 5.41) is 0. The number of Topliss-reactive ketones (excluding diaryl/α,β-unsaturated/α-hetero) is 1. The lowest BCUT2D eigenvalue weighted by Crippen LogP contribution is -2.56. The minimum atomic E-state index is -0.889. The van der Waals surface area contributed by atoms with Crippen LogP contribution < -0.4 is 0 Å². The molecule has 146 valence electrons. The van der Waals surface area contributed by atoms with Gasteiger partial charge in [0.15, 0.2) is 0 Å². The summed E-state index contributed by atoms with van der Waals surface area (Å²) in [5.74, 6) is 0.597. The minimum Gasteiger partial charge on any atom is -0.465 e. The molecule has 1 atom stereocenters. The largest absolute Gasteiger partial charge is 0.465 e. The third-order valence-corrected chi connectivity index (χ3v) is 5.71. The van der Waals surface area contributed by atoms with Crippen LogP contribution in [-0.4, -0.2) is 55.1 Å². The SMILES string of the molecule is CCOC(=O)C(C(C)=O)C1(N2CCOCC2)C([C]2[CH][CH][CH][CH]2)=C1[C]1[CH][CH][CH][CH]1. The van der Waals surface area contributed by atoms with E-state index in [1.165, 1.54) is 6.92 Å². The summed E-state index contributed by atoms with van der Waals surface area (Å²) in [6.45, 7) is 6.00. The summed E-state index contributed by atoms with van der Waals surface area (Å²) in [6.07, 6.45) is 16.1. The highest BCUT2D eigenvalue weighted by Gasteiger charge is 2.68. The van der Waals surface area contributed by atoms with Crippen LogP contribution in [0.2, 0.25) is 0 Å². The number of ether oxygens (including phenoxy) is 2. The first kappa shape index (κ1) is 20.1. The van der Waals surface area contributed by atoms with Crippen LogP contribution in [0.3, 0.4) is 0 Å². The van der Waals surface area contributed by atoms with E-state index in [1.807, 2.05) is 51.4 Å². The molecule has 5 nitrogen and oxygen atoms in total. The van der Waals surface area contributed by atoms with Gasteiger partial charge in [-0.05, 0) is 76.4 Å². The summed E-state index contributed by atoms with van der Waals surface area (Å²) in [7, 11) is 0. The van der Waals surface area contributed by atoms with Crippen LogP contribution in [0, 0.1) is 69.1 Å². The first-order chi connectivity index (χ1) is 13.6. The van der Waals surface area contributed by atoms with Crippen molar-refractivity contribution in [2.75, 3.05) is 32.9 Å².